The van der Waals surface area contributed by atoms with Crippen LogP contribution in [0.15, 0.2) is 54.8 Å². The Bertz CT molecular complexity index is 1110. The Hall–Kier alpha value is -3.78. The van der Waals surface area contributed by atoms with Crippen molar-refractivity contribution in [2.75, 3.05) is 25.1 Å². The predicted octanol–water partition coefficient (Wildman–Crippen LogP) is 4.14. The topological polar surface area (TPSA) is 97.0 Å². The second kappa shape index (κ2) is 10.7. The molecule has 1 heterocycles. The number of hydrogen-bond donors (Lipinski definition) is 2. The Kier molecular flexibility index (Phi) is 7.74. The first kappa shape index (κ1) is 23.9. The molecule has 0 bridgehead atoms. The zero-order valence-corrected chi connectivity index (χ0v) is 19.1. The van der Waals surface area contributed by atoms with Gasteiger partial charge in [0.05, 0.1) is 11.6 Å². The lowest BCUT2D eigenvalue weighted by molar-refractivity contribution is -0.122. The van der Waals surface area contributed by atoms with Crippen LogP contribution in [0.1, 0.15) is 18.1 Å². The molecule has 0 aliphatic carbocycles. The van der Waals surface area contributed by atoms with E-state index in [1.165, 1.54) is 12.2 Å². The minimum atomic E-state index is -0.526. The summed E-state index contributed by atoms with van der Waals surface area (Å²) in [4.78, 5) is 37.7. The van der Waals surface area contributed by atoms with Gasteiger partial charge in [-0.3, -0.25) is 14.5 Å². The van der Waals surface area contributed by atoms with Crippen molar-refractivity contribution >= 4 is 41.2 Å². The predicted molar refractivity (Wildman–Crippen MR) is 126 cm³/mol. The van der Waals surface area contributed by atoms with Gasteiger partial charge in [-0.15, -0.1) is 6.58 Å². The molecular formula is C24H24ClN3O5. The van der Waals surface area contributed by atoms with Crippen molar-refractivity contribution < 1.29 is 23.9 Å². The Labute approximate surface area is 196 Å². The molecular weight excluding hydrogens is 446 g/mol. The van der Waals surface area contributed by atoms with Crippen LogP contribution in [0, 0.1) is 6.92 Å². The average molecular weight is 470 g/mol. The van der Waals surface area contributed by atoms with E-state index < -0.39 is 11.9 Å². The summed E-state index contributed by atoms with van der Waals surface area (Å²) in [5, 5.41) is 5.46. The van der Waals surface area contributed by atoms with Gasteiger partial charge in [-0.05, 0) is 49.8 Å². The number of imide groups is 1. The molecule has 33 heavy (non-hydrogen) atoms. The molecule has 0 aromatic heterocycles. The van der Waals surface area contributed by atoms with E-state index in [9.17, 15) is 14.4 Å². The Balaban J connectivity index is 1.76. The number of carbonyl (C=O) groups excluding carboxylic acids is 3. The van der Waals surface area contributed by atoms with Crippen molar-refractivity contribution in [2.24, 2.45) is 0 Å². The minimum absolute atomic E-state index is 0.102. The lowest BCUT2D eigenvalue weighted by atomic mass is 10.1. The van der Waals surface area contributed by atoms with E-state index in [-0.39, 0.29) is 35.5 Å². The summed E-state index contributed by atoms with van der Waals surface area (Å²) in [7, 11) is 0. The molecule has 4 amide bonds. The molecule has 3 rings (SSSR count). The van der Waals surface area contributed by atoms with Crippen LogP contribution in [-0.4, -0.2) is 42.5 Å². The molecule has 8 nitrogen and oxygen atoms in total. The zero-order chi connectivity index (χ0) is 24.0. The van der Waals surface area contributed by atoms with E-state index in [0.717, 1.165) is 10.5 Å². The highest BCUT2D eigenvalue weighted by Crippen LogP contribution is 2.37. The number of nitrogens with one attached hydrogen (secondary N) is 2. The third-order valence-electron chi connectivity index (χ3n) is 4.60. The van der Waals surface area contributed by atoms with Crippen LogP contribution in [0.25, 0.3) is 6.08 Å². The fourth-order valence-corrected chi connectivity index (χ4v) is 3.35. The summed E-state index contributed by atoms with van der Waals surface area (Å²) in [6.45, 7) is 7.44. The summed E-state index contributed by atoms with van der Waals surface area (Å²) in [6.07, 6.45) is 2.96. The quantitative estimate of drug-likeness (QED) is 0.327. The fraction of sp³-hybridized carbons (Fsp3) is 0.208. The fourth-order valence-electron chi connectivity index (χ4n) is 3.08. The molecule has 172 valence electrons. The van der Waals surface area contributed by atoms with Gasteiger partial charge >= 0.3 is 6.03 Å². The highest BCUT2D eigenvalue weighted by atomic mass is 35.5. The third kappa shape index (κ3) is 5.93. The monoisotopic (exact) mass is 469 g/mol. The van der Waals surface area contributed by atoms with Crippen LogP contribution in [0.3, 0.4) is 0 Å². The van der Waals surface area contributed by atoms with Crippen molar-refractivity contribution in [1.82, 2.24) is 10.2 Å². The van der Waals surface area contributed by atoms with Crippen molar-refractivity contribution in [3.63, 3.8) is 0 Å². The molecule has 1 aliphatic rings. The Morgan fingerprint density at radius 2 is 1.94 bits per heavy atom. The van der Waals surface area contributed by atoms with Crippen LogP contribution in [-0.2, 0) is 9.59 Å². The van der Waals surface area contributed by atoms with Gasteiger partial charge in [0.15, 0.2) is 18.1 Å². The van der Waals surface area contributed by atoms with Crippen LogP contribution >= 0.6 is 11.6 Å². The average Bonchev–Trinajstić information content (AvgIpc) is 3.02. The van der Waals surface area contributed by atoms with Crippen molar-refractivity contribution in [3.8, 4) is 11.5 Å². The number of urea groups is 1. The molecule has 0 atom stereocenters. The summed E-state index contributed by atoms with van der Waals surface area (Å²) in [5.74, 6) is -0.318. The number of rotatable bonds is 9. The van der Waals surface area contributed by atoms with Gasteiger partial charge in [-0.25, -0.2) is 4.79 Å². The highest BCUT2D eigenvalue weighted by molar-refractivity contribution is 6.32. The number of benzene rings is 2. The molecule has 2 aromatic rings. The summed E-state index contributed by atoms with van der Waals surface area (Å²) >= 11 is 6.40. The number of anilines is 1. The van der Waals surface area contributed by atoms with E-state index in [0.29, 0.717) is 23.6 Å². The van der Waals surface area contributed by atoms with Gasteiger partial charge in [-0.2, -0.15) is 0 Å². The molecule has 1 aliphatic heterocycles. The Morgan fingerprint density at radius 3 is 2.61 bits per heavy atom. The van der Waals surface area contributed by atoms with Crippen molar-refractivity contribution in [1.29, 1.82) is 0 Å². The lowest BCUT2D eigenvalue weighted by Gasteiger charge is -2.14. The van der Waals surface area contributed by atoms with Crippen molar-refractivity contribution in [2.45, 2.75) is 13.8 Å². The number of aryl methyl sites for hydroxylation is 1. The second-order valence-corrected chi connectivity index (χ2v) is 7.57. The molecule has 1 saturated heterocycles. The van der Waals surface area contributed by atoms with E-state index in [1.807, 2.05) is 19.1 Å². The van der Waals surface area contributed by atoms with E-state index in [4.69, 9.17) is 21.1 Å². The number of halogens is 1. The maximum Gasteiger partial charge on any atom is 0.329 e. The van der Waals surface area contributed by atoms with Gasteiger partial charge in [0.1, 0.15) is 5.70 Å². The van der Waals surface area contributed by atoms with Crippen LogP contribution in [0.4, 0.5) is 10.5 Å². The minimum Gasteiger partial charge on any atom is -0.490 e. The number of carbonyl (C=O) groups is 3. The van der Waals surface area contributed by atoms with E-state index >= 15 is 0 Å². The van der Waals surface area contributed by atoms with Crippen LogP contribution < -0.4 is 20.1 Å². The lowest BCUT2D eigenvalue weighted by Crippen LogP contribution is -2.30. The molecule has 9 heteroatoms. The molecule has 2 aromatic carbocycles. The van der Waals surface area contributed by atoms with Crippen molar-refractivity contribution in [3.05, 3.63) is 70.9 Å². The number of amides is 4. The van der Waals surface area contributed by atoms with E-state index in [1.54, 1.807) is 31.2 Å². The number of nitrogens with zero attached hydrogens (tertiary/aromatic N) is 1. The van der Waals surface area contributed by atoms with Crippen LogP contribution in [0.2, 0.25) is 5.02 Å². The standard InChI is InChI=1S/C24H24ClN3O5/c1-4-10-28-23(30)19(27-24(28)31)12-16-11-18(25)22(20(13-16)32-5-2)33-14-21(29)26-17-8-6-15(3)7-9-17/h4,6-9,11-13H,1,5,10,14H2,2-3H3,(H,26,29)(H,27,31)/b19-12+. The van der Waals surface area contributed by atoms with Gasteiger partial charge in [0, 0.05) is 12.2 Å². The Morgan fingerprint density at radius 1 is 1.21 bits per heavy atom. The van der Waals surface area contributed by atoms with Gasteiger partial charge in [-0.1, -0.05) is 35.4 Å². The summed E-state index contributed by atoms with van der Waals surface area (Å²) in [5.41, 5.74) is 2.36. The van der Waals surface area contributed by atoms with E-state index in [2.05, 4.69) is 17.2 Å². The van der Waals surface area contributed by atoms with Crippen LogP contribution in [0.5, 0.6) is 11.5 Å². The first-order valence-electron chi connectivity index (χ1n) is 10.2. The SMILES string of the molecule is C=CCN1C(=O)N/C(=C/c2cc(Cl)c(OCC(=O)Nc3ccc(C)cc3)c(OCC)c2)C1=O. The summed E-state index contributed by atoms with van der Waals surface area (Å²) < 4.78 is 11.3. The molecule has 1 fully saturated rings. The molecule has 2 N–H and O–H groups in total. The van der Waals surface area contributed by atoms with Gasteiger partial charge in [0.25, 0.3) is 11.8 Å². The molecule has 0 saturated carbocycles. The largest absolute Gasteiger partial charge is 0.490 e. The summed E-state index contributed by atoms with van der Waals surface area (Å²) in [6, 6.07) is 10.0. The van der Waals surface area contributed by atoms with Gasteiger partial charge < -0.3 is 20.1 Å². The maximum absolute atomic E-state index is 12.4. The highest BCUT2D eigenvalue weighted by Gasteiger charge is 2.32. The zero-order valence-electron chi connectivity index (χ0n) is 18.3. The smallest absolute Gasteiger partial charge is 0.329 e. The molecule has 0 spiro atoms. The first-order chi connectivity index (χ1) is 15.8. The first-order valence-corrected chi connectivity index (χ1v) is 10.6. The molecule has 0 unspecified atom stereocenters. The molecule has 0 radical (unpaired) electrons. The third-order valence-corrected chi connectivity index (χ3v) is 4.88. The van der Waals surface area contributed by atoms with Gasteiger partial charge in [0.2, 0.25) is 0 Å². The second-order valence-electron chi connectivity index (χ2n) is 7.16. The maximum atomic E-state index is 12.4. The number of ether oxygens (including phenoxy) is 2. The normalized spacial score (nSPS) is 14.3. The number of hydrogen-bond acceptors (Lipinski definition) is 5.